The summed E-state index contributed by atoms with van der Waals surface area (Å²) in [4.78, 5) is 2.94. The fraction of sp³-hybridized carbons (Fsp3) is 0.0725. The number of rotatable bonds is 1. The lowest BCUT2D eigenvalue weighted by Crippen LogP contribution is -2.51. The summed E-state index contributed by atoms with van der Waals surface area (Å²) < 4.78 is 1.18. The Hall–Kier alpha value is -7.88. The van der Waals surface area contributed by atoms with E-state index in [1.54, 1.807) is 313 Å². The molecule has 0 amide bonds. The Bertz CT molecular complexity index is 7230. The van der Waals surface area contributed by atoms with Gasteiger partial charge < -0.3 is 0 Å². The Balaban J connectivity index is 1.17. The summed E-state index contributed by atoms with van der Waals surface area (Å²) in [5.41, 5.74) is 8.03. The molecule has 0 radical (unpaired) electrons. The van der Waals surface area contributed by atoms with Crippen LogP contribution in [-0.2, 0) is 10.8 Å². The van der Waals surface area contributed by atoms with Crippen LogP contribution in [0.25, 0.3) is 291 Å². The molecule has 71 heavy (non-hydrogen) atoms. The molecule has 1 heterocycles. The number of hydrogen-bond donors (Lipinski definition) is 0. The van der Waals surface area contributed by atoms with Crippen molar-refractivity contribution in [1.29, 1.82) is 0 Å². The first-order valence-electron chi connectivity index (χ1n) is 26.5. The van der Waals surface area contributed by atoms with Crippen molar-refractivity contribution in [3.63, 3.8) is 0 Å². The van der Waals surface area contributed by atoms with Gasteiger partial charge in [-0.15, -0.1) is 0 Å². The molecule has 1 aliphatic heterocycles. The molecular formula is C69H10BrN. The third-order valence-corrected chi connectivity index (χ3v) is 26.6. The van der Waals surface area contributed by atoms with E-state index in [-0.39, 0.29) is 16.9 Å². The van der Waals surface area contributed by atoms with Gasteiger partial charge in [-0.25, -0.2) is 0 Å². The molecule has 1 saturated heterocycles. The second-order valence-corrected chi connectivity index (χ2v) is 27.2. The van der Waals surface area contributed by atoms with Crippen LogP contribution in [-0.4, -0.2) is 18.5 Å². The van der Waals surface area contributed by atoms with Crippen molar-refractivity contribution in [3.8, 4) is 0 Å². The molecule has 298 valence electrons. The van der Waals surface area contributed by atoms with Gasteiger partial charge in [-0.1, -0.05) is 28.1 Å². The van der Waals surface area contributed by atoms with E-state index in [1.165, 1.54) is 10.0 Å². The highest BCUT2D eigenvalue weighted by atomic mass is 79.9. The van der Waals surface area contributed by atoms with Crippen LogP contribution in [0.1, 0.15) is 33.9 Å². The van der Waals surface area contributed by atoms with Gasteiger partial charge in [0.05, 0.1) is 10.8 Å². The van der Waals surface area contributed by atoms with Crippen molar-refractivity contribution in [2.24, 2.45) is 0 Å². The number of likely N-dealkylation sites (tertiary alicyclic amines) is 1. The normalized spacial score (nSPS) is 23.8. The van der Waals surface area contributed by atoms with Gasteiger partial charge in [0.2, 0.25) is 0 Å². The van der Waals surface area contributed by atoms with Gasteiger partial charge in [0.1, 0.15) is 0 Å². The highest BCUT2D eigenvalue weighted by Gasteiger charge is 2.75. The maximum absolute atomic E-state index is 3.96. The van der Waals surface area contributed by atoms with Crippen LogP contribution in [0.3, 0.4) is 0 Å². The minimum absolute atomic E-state index is 0.173. The van der Waals surface area contributed by atoms with Gasteiger partial charge >= 0.3 is 0 Å². The summed E-state index contributed by atoms with van der Waals surface area (Å²) in [6.07, 6.45) is 0. The lowest BCUT2D eigenvalue weighted by atomic mass is 9.47. The maximum Gasteiger partial charge on any atom is 0.0575 e. The Morgan fingerprint density at radius 3 is 0.676 bits per heavy atom. The molecule has 5 aliphatic rings. The number of halogens is 1. The second kappa shape index (κ2) is 6.10. The SMILES string of the molecule is CN1CC23c4c5c6c7c8c9c(c%10c%11c2c2c4c4c%12c5c5c6c6c8c8c%13c9c9c%10c%10c%11c%11c2c2c4c4c%12c%12c5c5c6c8c6c8c%13c9c9c%10c%10c%11c2c2c4c4c%12c5c6c5c8c9c%10c2c45)C73C1c1ccc(Br)cc1. The molecule has 29 aromatic rings. The van der Waals surface area contributed by atoms with E-state index >= 15 is 0 Å². The van der Waals surface area contributed by atoms with E-state index in [0.29, 0.717) is 0 Å². The minimum Gasteiger partial charge on any atom is -0.297 e. The molecule has 0 saturated carbocycles. The summed E-state index contributed by atoms with van der Waals surface area (Å²) in [5, 5.41) is 90.4. The summed E-state index contributed by atoms with van der Waals surface area (Å²) in [6, 6.07) is 9.99. The van der Waals surface area contributed by atoms with E-state index in [1.807, 2.05) is 0 Å². The third kappa shape index (κ3) is 1.45. The molecule has 0 bridgehead atoms. The average Bonchev–Trinajstić information content (AvgIpc) is 4.33. The van der Waals surface area contributed by atoms with Crippen molar-refractivity contribution in [3.05, 3.63) is 56.6 Å². The maximum atomic E-state index is 3.96. The van der Waals surface area contributed by atoms with E-state index in [9.17, 15) is 0 Å². The largest absolute Gasteiger partial charge is 0.297 e. The lowest BCUT2D eigenvalue weighted by Gasteiger charge is -2.52. The topological polar surface area (TPSA) is 3.24 Å². The zero-order chi connectivity index (χ0) is 42.3. The van der Waals surface area contributed by atoms with Gasteiger partial charge in [-0.3, -0.25) is 4.90 Å². The van der Waals surface area contributed by atoms with Crippen LogP contribution < -0.4 is 0 Å². The smallest absolute Gasteiger partial charge is 0.0575 e. The van der Waals surface area contributed by atoms with Crippen LogP contribution in [0.2, 0.25) is 0 Å². The number of likely N-dealkylation sites (N-methyl/N-ethyl adjacent to an activating group) is 1. The minimum atomic E-state index is -0.305. The monoisotopic (exact) mass is 931 g/mol. The van der Waals surface area contributed by atoms with Gasteiger partial charge in [0, 0.05) is 17.1 Å². The predicted molar refractivity (Wildman–Crippen MR) is 303 cm³/mol. The lowest BCUT2D eigenvalue weighted by molar-refractivity contribution is 0.271. The zero-order valence-corrected chi connectivity index (χ0v) is 38.0. The van der Waals surface area contributed by atoms with E-state index in [0.717, 1.165) is 6.54 Å². The molecule has 0 N–H and O–H groups in total. The van der Waals surface area contributed by atoms with Crippen LogP contribution in [0.15, 0.2) is 28.7 Å². The molecular weight excluding hydrogens is 923 g/mol. The van der Waals surface area contributed by atoms with Crippen LogP contribution in [0, 0.1) is 0 Å². The summed E-state index contributed by atoms with van der Waals surface area (Å²) >= 11 is 3.96. The van der Waals surface area contributed by atoms with E-state index in [2.05, 4.69) is 52.1 Å². The third-order valence-electron chi connectivity index (χ3n) is 26.1. The molecule has 29 aromatic carbocycles. The van der Waals surface area contributed by atoms with Crippen molar-refractivity contribution in [2.75, 3.05) is 13.6 Å². The molecule has 0 aromatic heterocycles. The fourth-order valence-corrected chi connectivity index (χ4v) is 26.5. The first-order chi connectivity index (χ1) is 35.2. The molecule has 1 nitrogen and oxygen atoms in total. The van der Waals surface area contributed by atoms with Gasteiger partial charge in [0.25, 0.3) is 0 Å². The summed E-state index contributed by atoms with van der Waals surface area (Å²) in [7, 11) is 2.57. The van der Waals surface area contributed by atoms with Gasteiger partial charge in [0.15, 0.2) is 0 Å². The molecule has 1 unspecified atom stereocenters. The van der Waals surface area contributed by atoms with E-state index in [4.69, 9.17) is 0 Å². The summed E-state index contributed by atoms with van der Waals surface area (Å²) in [5.74, 6) is 0. The molecule has 1 atom stereocenters. The van der Waals surface area contributed by atoms with E-state index < -0.39 is 0 Å². The Morgan fingerprint density at radius 2 is 0.465 bits per heavy atom. The molecule has 4 aliphatic carbocycles. The predicted octanol–water partition coefficient (Wildman–Crippen LogP) is 18.7. The van der Waals surface area contributed by atoms with Crippen LogP contribution >= 0.6 is 15.9 Å². The van der Waals surface area contributed by atoms with Crippen molar-refractivity contribution in [2.45, 2.75) is 16.9 Å². The Labute approximate surface area is 396 Å². The van der Waals surface area contributed by atoms with Crippen molar-refractivity contribution < 1.29 is 0 Å². The number of hydrogen-bond acceptors (Lipinski definition) is 1. The molecule has 2 spiro atoms. The van der Waals surface area contributed by atoms with Crippen molar-refractivity contribution >= 4 is 307 Å². The molecule has 2 heteroatoms. The Kier molecular flexibility index (Phi) is 2.31. The Morgan fingerprint density at radius 1 is 0.282 bits per heavy atom. The van der Waals surface area contributed by atoms with Crippen LogP contribution in [0.5, 0.6) is 0 Å². The first-order valence-corrected chi connectivity index (χ1v) is 27.3. The quantitative estimate of drug-likeness (QED) is 0.148. The van der Waals surface area contributed by atoms with Crippen LogP contribution in [0.4, 0.5) is 0 Å². The van der Waals surface area contributed by atoms with Gasteiger partial charge in [-0.2, -0.15) is 0 Å². The highest BCUT2D eigenvalue weighted by Crippen LogP contribution is 2.87. The zero-order valence-electron chi connectivity index (χ0n) is 36.4. The van der Waals surface area contributed by atoms with Gasteiger partial charge in [-0.05, 0) is 338 Å². The fourth-order valence-electron chi connectivity index (χ4n) is 26.2. The number of nitrogens with zero attached hydrogens (tertiary/aromatic N) is 1. The highest BCUT2D eigenvalue weighted by molar-refractivity contribution is 9.10. The van der Waals surface area contributed by atoms with Crippen molar-refractivity contribution in [1.82, 2.24) is 4.90 Å². The number of benzene rings is 19. The molecule has 1 fully saturated rings. The molecule has 34 rings (SSSR count). The second-order valence-electron chi connectivity index (χ2n) is 26.3. The standard InChI is InChI=1S/C69H10BrN/c1-71-6-68-63-55-47-37-27-19-11-9-10-13-17-15(11)23-31-25(17)35-29-21(13)22-14(10)18-16-12(9)20(19)28-34-24(16)32-26(18)36-30(22)40-39(29)51-45(35)53-43(31)49(41(47)33(23)27)57(63)59(53)65-61(51)62-52(40)46(36)54-44(32)50-42(34)48(38(28)37)56(55)64(68)58(50)60(54)66(62)69(65,68)67(71)7-2-4-8(70)5-3-7/h2-5,67H,6H2,1H3. The first kappa shape index (κ1) is 26.9. The summed E-state index contributed by atoms with van der Waals surface area (Å²) in [6.45, 7) is 1.05. The average molecular weight is 933 g/mol.